The monoisotopic (exact) mass is 179 g/mol. The normalized spacial score (nSPS) is 10.9. The Hall–Kier alpha value is -0.950. The molecule has 61 valence electrons. The first-order valence-electron chi connectivity index (χ1n) is 3.75. The van der Waals surface area contributed by atoms with E-state index >= 15 is 0 Å². The van der Waals surface area contributed by atoms with Crippen molar-refractivity contribution < 1.29 is 4.42 Å². The van der Waals surface area contributed by atoms with Gasteiger partial charge in [0.15, 0.2) is 0 Å². The minimum atomic E-state index is 0.705. The Kier molecular flexibility index (Phi) is 1.62. The predicted molar refractivity (Wildman–Crippen MR) is 49.5 cm³/mol. The van der Waals surface area contributed by atoms with Crippen molar-refractivity contribution in [1.82, 2.24) is 0 Å². The summed E-state index contributed by atoms with van der Waals surface area (Å²) in [6.45, 7) is 3.85. The van der Waals surface area contributed by atoms with Crippen molar-refractivity contribution >= 4 is 22.6 Å². The fraction of sp³-hybridized carbons (Fsp3) is 0.200. The maximum absolute atomic E-state index is 5.91. The molecule has 0 unspecified atom stereocenters. The molecule has 2 aromatic rings. The lowest BCUT2D eigenvalue weighted by Crippen LogP contribution is -1.73. The molecule has 1 nitrogen and oxygen atoms in total. The maximum Gasteiger partial charge on any atom is 0.136 e. The molecule has 0 aliphatic heterocycles. The van der Waals surface area contributed by atoms with Gasteiger partial charge in [-0.2, -0.15) is 0 Å². The van der Waals surface area contributed by atoms with Crippen molar-refractivity contribution in [3.63, 3.8) is 0 Å². The van der Waals surface area contributed by atoms with Gasteiger partial charge in [0.1, 0.15) is 11.3 Å². The van der Waals surface area contributed by atoms with E-state index in [0.717, 1.165) is 22.3 Å². The number of halogens is 1. The summed E-state index contributed by atoms with van der Waals surface area (Å²) in [5.74, 6) is 0.892. The molecule has 0 bridgehead atoms. The maximum atomic E-state index is 5.91. The zero-order valence-corrected chi connectivity index (χ0v) is 7.70. The van der Waals surface area contributed by atoms with Crippen molar-refractivity contribution in [2.24, 2.45) is 0 Å². The fourth-order valence-electron chi connectivity index (χ4n) is 1.22. The van der Waals surface area contributed by atoms with Crippen LogP contribution in [0.15, 0.2) is 16.5 Å². The van der Waals surface area contributed by atoms with Crippen LogP contribution in [0.25, 0.3) is 11.0 Å². The Bertz CT molecular complexity index is 390. The first kappa shape index (κ1) is 7.69. The van der Waals surface area contributed by atoms with Crippen LogP contribution in [0.2, 0.25) is 5.02 Å². The van der Waals surface area contributed by atoms with Crippen LogP contribution in [0.4, 0.5) is 0 Å². The van der Waals surface area contributed by atoms with Crippen LogP contribution in [-0.4, -0.2) is 0 Å². The summed E-state index contributed by atoms with van der Waals surface area (Å²) in [6, 6.07) is 6.94. The number of fused-ring (bicyclic) bond motifs is 1. The van der Waals surface area contributed by atoms with E-state index in [1.54, 1.807) is 0 Å². The predicted octanol–water partition coefficient (Wildman–Crippen LogP) is 3.50. The first-order chi connectivity index (χ1) is 5.66. The summed E-state index contributed by atoms with van der Waals surface area (Å²) in [5.41, 5.74) is 1.77. The third kappa shape index (κ3) is 1.10. The highest BCUT2D eigenvalue weighted by Gasteiger charge is 2.03. The lowest BCUT2D eigenvalue weighted by atomic mass is 10.2. The van der Waals surface area contributed by atoms with Crippen LogP contribution in [0.1, 0.15) is 11.3 Å². The second-order valence-electron chi connectivity index (χ2n) is 2.88. The van der Waals surface area contributed by atoms with E-state index < -0.39 is 0 Å². The van der Waals surface area contributed by atoms with Gasteiger partial charge >= 0.3 is 0 Å². The molecule has 12 heavy (non-hydrogen) atoms. The Labute approximate surface area is 75.9 Å². The zero-order valence-electron chi connectivity index (χ0n) is 6.94. The van der Waals surface area contributed by atoms with E-state index in [2.05, 4.69) is 6.07 Å². The zero-order chi connectivity index (χ0) is 8.72. The molecule has 1 heterocycles. The van der Waals surface area contributed by atoms with E-state index in [-0.39, 0.29) is 0 Å². The summed E-state index contributed by atoms with van der Waals surface area (Å²) in [4.78, 5) is 0. The van der Waals surface area contributed by atoms with Gasteiger partial charge in [-0.1, -0.05) is 11.6 Å². The molecule has 0 amide bonds. The molecule has 0 fully saturated rings. The van der Waals surface area contributed by atoms with Gasteiger partial charge in [-0.05, 0) is 31.5 Å². The lowest BCUT2D eigenvalue weighted by Gasteiger charge is -1.94. The molecule has 0 atom stereocenters. The van der Waals surface area contributed by atoms with Crippen LogP contribution in [0.3, 0.4) is 0 Å². The van der Waals surface area contributed by atoms with E-state index in [4.69, 9.17) is 16.0 Å². The molecule has 0 saturated heterocycles. The standard InChI is InChI=1S/C10H8ClO/c1-6-3-8-4-7(2)12-10(8)5-9(6)11/h4-5H,1-2H3. The summed E-state index contributed by atoms with van der Waals surface area (Å²) >= 11 is 5.91. The highest BCUT2D eigenvalue weighted by Crippen LogP contribution is 2.25. The summed E-state index contributed by atoms with van der Waals surface area (Å²) in [5, 5.41) is 1.70. The van der Waals surface area contributed by atoms with Gasteiger partial charge < -0.3 is 4.42 Å². The Morgan fingerprint density at radius 1 is 1.33 bits per heavy atom. The average Bonchev–Trinajstić information content (AvgIpc) is 2.30. The summed E-state index contributed by atoms with van der Waals surface area (Å²) < 4.78 is 5.39. The largest absolute Gasteiger partial charge is 0.461 e. The number of aryl methyl sites for hydroxylation is 2. The van der Waals surface area contributed by atoms with Crippen molar-refractivity contribution in [3.05, 3.63) is 34.5 Å². The highest BCUT2D eigenvalue weighted by molar-refractivity contribution is 6.32. The number of furan rings is 1. The van der Waals surface area contributed by atoms with Crippen molar-refractivity contribution in [3.8, 4) is 0 Å². The SMILES string of the molecule is Cc1cc2[c]c(C)c(Cl)cc2o1. The lowest BCUT2D eigenvalue weighted by molar-refractivity contribution is 0.578. The second kappa shape index (κ2) is 2.53. The molecule has 2 heteroatoms. The molecule has 1 aromatic carbocycles. The topological polar surface area (TPSA) is 13.1 Å². The minimum absolute atomic E-state index is 0.705. The van der Waals surface area contributed by atoms with Gasteiger partial charge in [-0.3, -0.25) is 0 Å². The van der Waals surface area contributed by atoms with Gasteiger partial charge in [-0.25, -0.2) is 0 Å². The molecule has 1 radical (unpaired) electrons. The van der Waals surface area contributed by atoms with Gasteiger partial charge in [0.2, 0.25) is 0 Å². The van der Waals surface area contributed by atoms with Gasteiger partial charge in [0.25, 0.3) is 0 Å². The van der Waals surface area contributed by atoms with Crippen LogP contribution in [0, 0.1) is 19.9 Å². The molecular weight excluding hydrogens is 172 g/mol. The molecule has 2 rings (SSSR count). The fourth-order valence-corrected chi connectivity index (χ4v) is 1.37. The van der Waals surface area contributed by atoms with E-state index in [0.29, 0.717) is 5.02 Å². The van der Waals surface area contributed by atoms with Crippen LogP contribution >= 0.6 is 11.6 Å². The van der Waals surface area contributed by atoms with E-state index in [1.807, 2.05) is 26.0 Å². The molecule has 1 aromatic heterocycles. The van der Waals surface area contributed by atoms with Crippen LogP contribution in [0.5, 0.6) is 0 Å². The molecule has 0 spiro atoms. The number of rotatable bonds is 0. The third-order valence-electron chi connectivity index (χ3n) is 1.82. The van der Waals surface area contributed by atoms with Crippen LogP contribution < -0.4 is 0 Å². The Morgan fingerprint density at radius 2 is 2.08 bits per heavy atom. The van der Waals surface area contributed by atoms with Crippen LogP contribution in [-0.2, 0) is 0 Å². The van der Waals surface area contributed by atoms with Gasteiger partial charge in [-0.15, -0.1) is 0 Å². The summed E-state index contributed by atoms with van der Waals surface area (Å²) in [7, 11) is 0. The first-order valence-corrected chi connectivity index (χ1v) is 4.13. The summed E-state index contributed by atoms with van der Waals surface area (Å²) in [6.07, 6.45) is 0. The molecular formula is C10H8ClO. The van der Waals surface area contributed by atoms with Gasteiger partial charge in [0.05, 0.1) is 0 Å². The van der Waals surface area contributed by atoms with Gasteiger partial charge in [0, 0.05) is 16.5 Å². The van der Waals surface area contributed by atoms with Crippen molar-refractivity contribution in [2.75, 3.05) is 0 Å². The highest BCUT2D eigenvalue weighted by atomic mass is 35.5. The number of hydrogen-bond acceptors (Lipinski definition) is 1. The molecule has 0 aliphatic rings. The molecule has 0 N–H and O–H groups in total. The van der Waals surface area contributed by atoms with E-state index in [9.17, 15) is 0 Å². The quantitative estimate of drug-likeness (QED) is 0.603. The third-order valence-corrected chi connectivity index (χ3v) is 2.21. The number of hydrogen-bond donors (Lipinski definition) is 0. The molecule has 0 aliphatic carbocycles. The average molecular weight is 180 g/mol. The van der Waals surface area contributed by atoms with E-state index in [1.165, 1.54) is 0 Å². The smallest absolute Gasteiger partial charge is 0.136 e. The second-order valence-corrected chi connectivity index (χ2v) is 3.28. The Morgan fingerprint density at radius 3 is 2.83 bits per heavy atom. The van der Waals surface area contributed by atoms with Crippen molar-refractivity contribution in [2.45, 2.75) is 13.8 Å². The molecule has 0 saturated carbocycles. The van der Waals surface area contributed by atoms with Crippen molar-refractivity contribution in [1.29, 1.82) is 0 Å². The number of benzene rings is 1. The minimum Gasteiger partial charge on any atom is -0.461 e. The Balaban J connectivity index is 2.83.